The molecule has 3 aromatic rings. The summed E-state index contributed by atoms with van der Waals surface area (Å²) in [5.41, 5.74) is -0.672. The molecule has 0 bridgehead atoms. The number of rotatable bonds is 5. The molecule has 2 aliphatic rings. The van der Waals surface area contributed by atoms with Gasteiger partial charge in [-0.1, -0.05) is 18.2 Å². The van der Waals surface area contributed by atoms with Gasteiger partial charge in [0, 0.05) is 59.4 Å². The van der Waals surface area contributed by atoms with Crippen molar-refractivity contribution in [2.75, 3.05) is 6.54 Å². The van der Waals surface area contributed by atoms with Crippen LogP contribution in [0.1, 0.15) is 59.2 Å². The molecular formula is C28H27F4N5OS. The highest BCUT2D eigenvalue weighted by molar-refractivity contribution is 7.12. The number of fused-ring (bicyclic) bond motifs is 1. The van der Waals surface area contributed by atoms with Gasteiger partial charge in [-0.05, 0) is 49.9 Å². The van der Waals surface area contributed by atoms with Crippen LogP contribution in [-0.2, 0) is 24.1 Å². The van der Waals surface area contributed by atoms with Gasteiger partial charge in [0.1, 0.15) is 16.8 Å². The maximum Gasteiger partial charge on any atom is 0.435 e. The minimum absolute atomic E-state index is 0.0951. The van der Waals surface area contributed by atoms with Gasteiger partial charge in [0.25, 0.3) is 0 Å². The highest BCUT2D eigenvalue weighted by Crippen LogP contribution is 2.45. The first-order valence-electron chi connectivity index (χ1n) is 12.8. The molecular weight excluding hydrogens is 530 g/mol. The Morgan fingerprint density at radius 3 is 2.77 bits per heavy atom. The topological polar surface area (TPSA) is 74.0 Å². The second-order valence-electron chi connectivity index (χ2n) is 9.93. The van der Waals surface area contributed by atoms with E-state index in [-0.39, 0.29) is 42.7 Å². The van der Waals surface area contributed by atoms with Gasteiger partial charge in [-0.25, -0.2) is 4.39 Å². The lowest BCUT2D eigenvalue weighted by molar-refractivity contribution is -0.141. The van der Waals surface area contributed by atoms with Crippen LogP contribution >= 0.6 is 11.3 Å². The predicted molar refractivity (Wildman–Crippen MR) is 139 cm³/mol. The van der Waals surface area contributed by atoms with Crippen molar-refractivity contribution in [3.05, 3.63) is 75.0 Å². The number of carbonyl (C=O) groups excluding carboxylic acids is 1. The molecule has 0 spiro atoms. The first-order valence-corrected chi connectivity index (χ1v) is 13.6. The molecule has 0 unspecified atom stereocenters. The zero-order chi connectivity index (χ0) is 27.9. The van der Waals surface area contributed by atoms with Gasteiger partial charge in [0.2, 0.25) is 5.91 Å². The summed E-state index contributed by atoms with van der Waals surface area (Å²) < 4.78 is 58.5. The summed E-state index contributed by atoms with van der Waals surface area (Å²) >= 11 is 1.24. The summed E-state index contributed by atoms with van der Waals surface area (Å²) in [7, 11) is 0. The highest BCUT2D eigenvalue weighted by Gasteiger charge is 2.40. The van der Waals surface area contributed by atoms with E-state index in [0.717, 1.165) is 34.0 Å². The third kappa shape index (κ3) is 5.36. The molecule has 0 saturated carbocycles. The number of halogens is 4. The van der Waals surface area contributed by atoms with Gasteiger partial charge in [-0.2, -0.15) is 23.5 Å². The Labute approximate surface area is 227 Å². The second kappa shape index (κ2) is 10.6. The Kier molecular flexibility index (Phi) is 7.35. The van der Waals surface area contributed by atoms with Gasteiger partial charge in [-0.15, -0.1) is 11.3 Å². The third-order valence-corrected chi connectivity index (χ3v) is 8.34. The van der Waals surface area contributed by atoms with Crippen LogP contribution in [0.5, 0.6) is 0 Å². The van der Waals surface area contributed by atoms with E-state index in [9.17, 15) is 23.2 Å². The number of aryl methyl sites for hydroxylation is 1. The van der Waals surface area contributed by atoms with E-state index in [0.29, 0.717) is 16.5 Å². The monoisotopic (exact) mass is 557 g/mol. The fraction of sp³-hybridized carbons (Fsp3) is 0.393. The molecule has 1 N–H and O–H groups in total. The van der Waals surface area contributed by atoms with E-state index in [4.69, 9.17) is 0 Å². The lowest BCUT2D eigenvalue weighted by Crippen LogP contribution is -2.37. The van der Waals surface area contributed by atoms with Gasteiger partial charge in [0.15, 0.2) is 5.69 Å². The Balaban J connectivity index is 1.58. The molecule has 2 aromatic heterocycles. The predicted octanol–water partition coefficient (Wildman–Crippen LogP) is 5.83. The van der Waals surface area contributed by atoms with E-state index >= 15 is 4.39 Å². The van der Waals surface area contributed by atoms with Crippen molar-refractivity contribution in [3.8, 4) is 17.2 Å². The van der Waals surface area contributed by atoms with Crippen molar-refractivity contribution in [3.63, 3.8) is 0 Å². The Hall–Kier alpha value is -3.49. The molecule has 1 fully saturated rings. The zero-order valence-corrected chi connectivity index (χ0v) is 22.2. The number of nitrogens with one attached hydrogen (secondary N) is 1. The number of nitrogens with zero attached hydrogens (tertiary/aromatic N) is 4. The van der Waals surface area contributed by atoms with Crippen LogP contribution in [0.4, 0.5) is 17.6 Å². The minimum atomic E-state index is -4.79. The molecule has 1 aromatic carbocycles. The standard InChI is InChI=1S/C28H27F4N5OS/c1-3-37-14-22(27(35-37)28(30,31)32)26-19(5-4-6-23(26)29)21-13-36(15-24-20(21)11-18(12-33)39-24)25(38)10-9-17-8-7-16(2)34-17/h4-6,9-11,14,16-17,21,34H,3,7-8,13,15H2,1-2H3/b10-9+/t16-,17+,21+/m1/s1. The molecule has 0 radical (unpaired) electrons. The fourth-order valence-electron chi connectivity index (χ4n) is 5.42. The number of amides is 1. The maximum atomic E-state index is 15.4. The second-order valence-corrected chi connectivity index (χ2v) is 11.1. The lowest BCUT2D eigenvalue weighted by Gasteiger charge is -2.33. The average Bonchev–Trinajstić information content (AvgIpc) is 3.63. The number of hydrogen-bond acceptors (Lipinski definition) is 5. The summed E-state index contributed by atoms with van der Waals surface area (Å²) in [5.74, 6) is -1.69. The molecule has 11 heteroatoms. The zero-order valence-electron chi connectivity index (χ0n) is 21.4. The quantitative estimate of drug-likeness (QED) is 0.316. The number of thiophene rings is 1. The largest absolute Gasteiger partial charge is 0.435 e. The molecule has 1 amide bonds. The minimum Gasteiger partial charge on any atom is -0.333 e. The molecule has 0 aliphatic carbocycles. The van der Waals surface area contributed by atoms with Crippen molar-refractivity contribution in [1.82, 2.24) is 20.0 Å². The molecule has 204 valence electrons. The summed E-state index contributed by atoms with van der Waals surface area (Å²) in [6.07, 6.45) is 1.73. The lowest BCUT2D eigenvalue weighted by atomic mass is 9.83. The summed E-state index contributed by atoms with van der Waals surface area (Å²) in [4.78, 5) is 16.0. The number of carbonyl (C=O) groups is 1. The van der Waals surface area contributed by atoms with E-state index in [1.807, 2.05) is 6.08 Å². The SMILES string of the molecule is CCn1cc(-c2c(F)cccc2[C@@H]2CN(C(=O)/C=C/[C@@H]3CC[C@@H](C)N3)Cc3sc(C#N)cc32)c(C(F)(F)F)n1. The van der Waals surface area contributed by atoms with Crippen molar-refractivity contribution in [2.45, 2.75) is 64.0 Å². The smallest absolute Gasteiger partial charge is 0.333 e. The number of aromatic nitrogens is 2. The van der Waals surface area contributed by atoms with Crippen molar-refractivity contribution >= 4 is 17.2 Å². The first-order chi connectivity index (χ1) is 18.6. The van der Waals surface area contributed by atoms with Crippen LogP contribution in [0.15, 0.2) is 42.6 Å². The Morgan fingerprint density at radius 2 is 2.10 bits per heavy atom. The van der Waals surface area contributed by atoms with E-state index in [1.165, 1.54) is 29.7 Å². The molecule has 4 heterocycles. The van der Waals surface area contributed by atoms with Crippen LogP contribution in [0, 0.1) is 17.1 Å². The van der Waals surface area contributed by atoms with Gasteiger partial charge >= 0.3 is 6.18 Å². The average molecular weight is 558 g/mol. The van der Waals surface area contributed by atoms with Crippen LogP contribution in [0.3, 0.4) is 0 Å². The molecule has 5 rings (SSSR count). The third-order valence-electron chi connectivity index (χ3n) is 7.30. The van der Waals surface area contributed by atoms with Gasteiger partial charge in [0.05, 0.1) is 6.54 Å². The van der Waals surface area contributed by atoms with Crippen LogP contribution in [-0.4, -0.2) is 39.2 Å². The molecule has 2 aliphatic heterocycles. The van der Waals surface area contributed by atoms with Crippen LogP contribution in [0.25, 0.3) is 11.1 Å². The molecule has 3 atom stereocenters. The number of alkyl halides is 3. The molecule has 1 saturated heterocycles. The number of nitriles is 1. The highest BCUT2D eigenvalue weighted by atomic mass is 32.1. The van der Waals surface area contributed by atoms with Gasteiger partial charge < -0.3 is 10.2 Å². The maximum absolute atomic E-state index is 15.4. The molecule has 39 heavy (non-hydrogen) atoms. The summed E-state index contributed by atoms with van der Waals surface area (Å²) in [6, 6.07) is 8.46. The van der Waals surface area contributed by atoms with Crippen molar-refractivity contribution < 1.29 is 22.4 Å². The van der Waals surface area contributed by atoms with E-state index < -0.39 is 23.6 Å². The van der Waals surface area contributed by atoms with E-state index in [1.54, 1.807) is 24.0 Å². The summed E-state index contributed by atoms with van der Waals surface area (Å²) in [5, 5.41) is 16.6. The molecule has 6 nitrogen and oxygen atoms in total. The van der Waals surface area contributed by atoms with Crippen LogP contribution < -0.4 is 5.32 Å². The number of hydrogen-bond donors (Lipinski definition) is 1. The first kappa shape index (κ1) is 27.1. The number of benzene rings is 1. The van der Waals surface area contributed by atoms with Crippen molar-refractivity contribution in [2.24, 2.45) is 0 Å². The summed E-state index contributed by atoms with van der Waals surface area (Å²) in [6.45, 7) is 4.31. The van der Waals surface area contributed by atoms with Crippen molar-refractivity contribution in [1.29, 1.82) is 5.26 Å². The van der Waals surface area contributed by atoms with Gasteiger partial charge in [-0.3, -0.25) is 9.48 Å². The Bertz CT molecular complexity index is 1470. The normalized spacial score (nSPS) is 21.4. The van der Waals surface area contributed by atoms with E-state index in [2.05, 4.69) is 23.4 Å². The fourth-order valence-corrected chi connectivity index (χ4v) is 6.45. The van der Waals surface area contributed by atoms with Crippen LogP contribution in [0.2, 0.25) is 0 Å². The Morgan fingerprint density at radius 1 is 1.31 bits per heavy atom.